The van der Waals surface area contributed by atoms with Crippen molar-refractivity contribution < 1.29 is 22.4 Å². The second-order valence-electron chi connectivity index (χ2n) is 7.56. The van der Waals surface area contributed by atoms with Crippen molar-refractivity contribution >= 4 is 5.91 Å². The van der Waals surface area contributed by atoms with E-state index in [4.69, 9.17) is 5.73 Å². The third kappa shape index (κ3) is 5.91. The van der Waals surface area contributed by atoms with Crippen LogP contribution in [0.25, 0.3) is 0 Å². The molecule has 0 bridgehead atoms. The Balaban J connectivity index is 1.85. The summed E-state index contributed by atoms with van der Waals surface area (Å²) in [7, 11) is 0. The molecular weight excluding hydrogens is 422 g/mol. The lowest BCUT2D eigenvalue weighted by Gasteiger charge is -2.25. The largest absolute Gasteiger partial charge is 0.433 e. The SMILES string of the molecule is Cc1cc([C@@H](CCc2ccc(C(F)(F)F)nc2)N[C@H](C(N)=O)c2ccccc2)ccc1F. The Morgan fingerprint density at radius 1 is 1.06 bits per heavy atom. The average Bonchev–Trinajstić information content (AvgIpc) is 2.76. The number of hydrogen-bond acceptors (Lipinski definition) is 3. The number of rotatable bonds is 8. The number of amides is 1. The normalized spacial score (nSPS) is 13.5. The Labute approximate surface area is 183 Å². The van der Waals surface area contributed by atoms with E-state index in [0.29, 0.717) is 29.5 Å². The van der Waals surface area contributed by atoms with Gasteiger partial charge in [0.05, 0.1) is 0 Å². The van der Waals surface area contributed by atoms with Crippen molar-refractivity contribution in [2.24, 2.45) is 5.73 Å². The number of nitrogens with two attached hydrogens (primary N) is 1. The summed E-state index contributed by atoms with van der Waals surface area (Å²) in [5.41, 5.74) is 7.16. The van der Waals surface area contributed by atoms with Crippen LogP contribution in [0.3, 0.4) is 0 Å². The molecule has 1 amide bonds. The monoisotopic (exact) mass is 445 g/mol. The minimum atomic E-state index is -4.50. The smallest absolute Gasteiger partial charge is 0.368 e. The van der Waals surface area contributed by atoms with Gasteiger partial charge in [-0.3, -0.25) is 15.1 Å². The molecule has 3 rings (SSSR count). The van der Waals surface area contributed by atoms with E-state index in [1.165, 1.54) is 18.3 Å². The van der Waals surface area contributed by atoms with E-state index in [1.54, 1.807) is 43.3 Å². The number of pyridine rings is 1. The van der Waals surface area contributed by atoms with Gasteiger partial charge in [-0.1, -0.05) is 48.5 Å². The summed E-state index contributed by atoms with van der Waals surface area (Å²) in [6.07, 6.45) is -2.49. The van der Waals surface area contributed by atoms with Gasteiger partial charge in [0.25, 0.3) is 0 Å². The summed E-state index contributed by atoms with van der Waals surface area (Å²) in [5, 5.41) is 3.24. The number of aryl methyl sites for hydroxylation is 2. The van der Waals surface area contributed by atoms with Crippen LogP contribution in [-0.4, -0.2) is 10.9 Å². The number of aromatic nitrogens is 1. The molecule has 8 heteroatoms. The first-order valence-electron chi connectivity index (χ1n) is 10.0. The van der Waals surface area contributed by atoms with Crippen LogP contribution in [0.2, 0.25) is 0 Å². The minimum Gasteiger partial charge on any atom is -0.368 e. The molecule has 3 N–H and O–H groups in total. The summed E-state index contributed by atoms with van der Waals surface area (Å²) < 4.78 is 52.1. The number of benzene rings is 2. The van der Waals surface area contributed by atoms with Crippen molar-refractivity contribution in [3.63, 3.8) is 0 Å². The number of halogens is 4. The van der Waals surface area contributed by atoms with Gasteiger partial charge in [0.1, 0.15) is 17.6 Å². The third-order valence-corrected chi connectivity index (χ3v) is 5.21. The van der Waals surface area contributed by atoms with Gasteiger partial charge < -0.3 is 5.73 Å². The predicted molar refractivity (Wildman–Crippen MR) is 113 cm³/mol. The lowest BCUT2D eigenvalue weighted by molar-refractivity contribution is -0.141. The van der Waals surface area contributed by atoms with Crippen LogP contribution in [0.1, 0.15) is 46.5 Å². The molecule has 0 saturated heterocycles. The molecule has 168 valence electrons. The third-order valence-electron chi connectivity index (χ3n) is 5.21. The second kappa shape index (κ2) is 9.91. The zero-order valence-electron chi connectivity index (χ0n) is 17.4. The van der Waals surface area contributed by atoms with E-state index in [-0.39, 0.29) is 5.82 Å². The highest BCUT2D eigenvalue weighted by Crippen LogP contribution is 2.29. The summed E-state index contributed by atoms with van der Waals surface area (Å²) >= 11 is 0. The zero-order valence-corrected chi connectivity index (χ0v) is 17.4. The van der Waals surface area contributed by atoms with Gasteiger partial charge >= 0.3 is 6.18 Å². The van der Waals surface area contributed by atoms with Crippen LogP contribution in [0, 0.1) is 12.7 Å². The van der Waals surface area contributed by atoms with Crippen molar-refractivity contribution in [3.05, 3.63) is 101 Å². The van der Waals surface area contributed by atoms with Gasteiger partial charge in [0.15, 0.2) is 0 Å². The van der Waals surface area contributed by atoms with Crippen LogP contribution >= 0.6 is 0 Å². The molecule has 0 spiro atoms. The Morgan fingerprint density at radius 2 is 1.78 bits per heavy atom. The highest BCUT2D eigenvalue weighted by Gasteiger charge is 2.32. The minimum absolute atomic E-state index is 0.353. The van der Waals surface area contributed by atoms with Crippen LogP contribution in [-0.2, 0) is 17.4 Å². The molecule has 2 aromatic carbocycles. The Kier molecular flexibility index (Phi) is 7.25. The molecule has 32 heavy (non-hydrogen) atoms. The Bertz CT molecular complexity index is 1050. The first-order valence-corrected chi connectivity index (χ1v) is 10.0. The second-order valence-corrected chi connectivity index (χ2v) is 7.56. The standard InChI is InChI=1S/C24H23F4N3O/c1-15-13-18(9-10-19(15)25)20(31-22(23(29)32)17-5-3-2-4-6-17)11-7-16-8-12-21(30-14-16)24(26,27)28/h2-6,8-10,12-14,20,22,31H,7,11H2,1H3,(H2,29,32)/t20-,22+/m1/s1. The average molecular weight is 445 g/mol. The summed E-state index contributed by atoms with van der Waals surface area (Å²) in [4.78, 5) is 15.7. The summed E-state index contributed by atoms with van der Waals surface area (Å²) in [6.45, 7) is 1.64. The molecule has 0 aliphatic carbocycles. The number of nitrogens with zero attached hydrogens (tertiary/aromatic N) is 1. The molecule has 1 heterocycles. The Hall–Kier alpha value is -3.26. The molecule has 0 radical (unpaired) electrons. The van der Waals surface area contributed by atoms with Crippen molar-refractivity contribution in [3.8, 4) is 0 Å². The topological polar surface area (TPSA) is 68.0 Å². The van der Waals surface area contributed by atoms with Crippen LogP contribution in [0.4, 0.5) is 17.6 Å². The number of hydrogen-bond donors (Lipinski definition) is 2. The van der Waals surface area contributed by atoms with Gasteiger partial charge in [-0.2, -0.15) is 13.2 Å². The van der Waals surface area contributed by atoms with Gasteiger partial charge in [-0.05, 0) is 54.2 Å². The molecular formula is C24H23F4N3O. The number of alkyl halides is 3. The van der Waals surface area contributed by atoms with E-state index in [1.807, 2.05) is 6.07 Å². The van der Waals surface area contributed by atoms with Crippen LogP contribution in [0.15, 0.2) is 66.9 Å². The molecule has 4 nitrogen and oxygen atoms in total. The zero-order chi connectivity index (χ0) is 23.3. The quantitative estimate of drug-likeness (QED) is 0.478. The molecule has 0 fully saturated rings. The highest BCUT2D eigenvalue weighted by molar-refractivity contribution is 5.81. The Morgan fingerprint density at radius 3 is 2.34 bits per heavy atom. The molecule has 1 aromatic heterocycles. The van der Waals surface area contributed by atoms with Crippen molar-refractivity contribution in [2.75, 3.05) is 0 Å². The fourth-order valence-corrected chi connectivity index (χ4v) is 3.47. The molecule has 3 aromatic rings. The number of primary amides is 1. The fraction of sp³-hybridized carbons (Fsp3) is 0.250. The number of nitrogens with one attached hydrogen (secondary N) is 1. The first kappa shape index (κ1) is 23.4. The number of carbonyl (C=O) groups is 1. The lowest BCUT2D eigenvalue weighted by Crippen LogP contribution is -2.36. The first-order chi connectivity index (χ1) is 15.1. The van der Waals surface area contributed by atoms with Gasteiger partial charge in [-0.25, -0.2) is 4.39 Å². The van der Waals surface area contributed by atoms with Gasteiger partial charge in [-0.15, -0.1) is 0 Å². The highest BCUT2D eigenvalue weighted by atomic mass is 19.4. The van der Waals surface area contributed by atoms with E-state index in [0.717, 1.165) is 11.6 Å². The molecule has 0 aliphatic heterocycles. The lowest BCUT2D eigenvalue weighted by atomic mass is 9.95. The van der Waals surface area contributed by atoms with Crippen molar-refractivity contribution in [2.45, 2.75) is 38.0 Å². The van der Waals surface area contributed by atoms with E-state index >= 15 is 0 Å². The number of carbonyl (C=O) groups excluding carboxylic acids is 1. The molecule has 0 aliphatic rings. The van der Waals surface area contributed by atoms with E-state index < -0.39 is 29.9 Å². The van der Waals surface area contributed by atoms with E-state index in [9.17, 15) is 22.4 Å². The molecule has 0 unspecified atom stereocenters. The summed E-state index contributed by atoms with van der Waals surface area (Å²) in [6, 6.07) is 14.7. The maximum absolute atomic E-state index is 13.8. The fourth-order valence-electron chi connectivity index (χ4n) is 3.47. The van der Waals surface area contributed by atoms with Gasteiger partial charge in [0, 0.05) is 12.2 Å². The van der Waals surface area contributed by atoms with Crippen molar-refractivity contribution in [1.29, 1.82) is 0 Å². The molecule has 2 atom stereocenters. The molecule has 0 saturated carbocycles. The van der Waals surface area contributed by atoms with Gasteiger partial charge in [0.2, 0.25) is 5.91 Å². The van der Waals surface area contributed by atoms with E-state index in [2.05, 4.69) is 10.3 Å². The predicted octanol–water partition coefficient (Wildman–Crippen LogP) is 5.04. The maximum atomic E-state index is 13.8. The van der Waals surface area contributed by atoms with Crippen LogP contribution in [0.5, 0.6) is 0 Å². The maximum Gasteiger partial charge on any atom is 0.433 e. The van der Waals surface area contributed by atoms with Crippen molar-refractivity contribution in [1.82, 2.24) is 10.3 Å². The van der Waals surface area contributed by atoms with Crippen LogP contribution < -0.4 is 11.1 Å². The summed E-state index contributed by atoms with van der Waals surface area (Å²) in [5.74, 6) is -0.926.